The molecule has 2 rings (SSSR count). The Hall–Kier alpha value is -0.410. The first-order valence-electron chi connectivity index (χ1n) is 4.04. The first-order valence-corrected chi connectivity index (χ1v) is 4.87. The minimum absolute atomic E-state index is 0.358. The molecule has 1 aromatic heterocycles. The van der Waals surface area contributed by atoms with Gasteiger partial charge < -0.3 is 5.73 Å². The van der Waals surface area contributed by atoms with Gasteiger partial charge in [-0.1, -0.05) is 6.42 Å². The minimum atomic E-state index is 0.358. The van der Waals surface area contributed by atoms with Gasteiger partial charge in [-0.15, -0.1) is 0 Å². The van der Waals surface area contributed by atoms with Crippen molar-refractivity contribution in [1.29, 1.82) is 0 Å². The number of nitrogens with two attached hydrogens (primary N) is 1. The lowest BCUT2D eigenvalue weighted by Crippen LogP contribution is -2.22. The molecule has 1 saturated carbocycles. The largest absolute Gasteiger partial charge is 0.327 e. The van der Waals surface area contributed by atoms with Crippen molar-refractivity contribution < 1.29 is 0 Å². The minimum Gasteiger partial charge on any atom is -0.327 e. The highest BCUT2D eigenvalue weighted by Gasteiger charge is 2.26. The van der Waals surface area contributed by atoms with Gasteiger partial charge in [-0.25, -0.2) is 0 Å². The van der Waals surface area contributed by atoms with E-state index in [9.17, 15) is 0 Å². The monoisotopic (exact) mass is 168 g/mol. The Balaban J connectivity index is 2.16. The van der Waals surface area contributed by atoms with Crippen LogP contribution in [0.15, 0.2) is 11.4 Å². The number of nitrogens with zero attached hydrogens (tertiary/aromatic N) is 1. The van der Waals surface area contributed by atoms with Gasteiger partial charge in [0.15, 0.2) is 0 Å². The second kappa shape index (κ2) is 2.91. The summed E-state index contributed by atoms with van der Waals surface area (Å²) in [4.78, 5) is 0. The van der Waals surface area contributed by atoms with Gasteiger partial charge in [0.05, 0.1) is 5.69 Å². The molecule has 11 heavy (non-hydrogen) atoms. The third-order valence-electron chi connectivity index (χ3n) is 2.41. The second-order valence-electron chi connectivity index (χ2n) is 3.13. The maximum atomic E-state index is 5.93. The first kappa shape index (κ1) is 7.25. The molecule has 1 aromatic rings. The van der Waals surface area contributed by atoms with Crippen molar-refractivity contribution >= 4 is 11.5 Å². The zero-order valence-electron chi connectivity index (χ0n) is 6.36. The molecule has 2 nitrogen and oxygen atoms in total. The molecule has 1 heterocycles. The molecule has 0 spiro atoms. The topological polar surface area (TPSA) is 38.9 Å². The van der Waals surface area contributed by atoms with Crippen LogP contribution in [0.4, 0.5) is 0 Å². The Morgan fingerprint density at radius 2 is 2.45 bits per heavy atom. The molecule has 0 radical (unpaired) electrons. The lowest BCUT2D eigenvalue weighted by Gasteiger charge is -2.11. The summed E-state index contributed by atoms with van der Waals surface area (Å²) in [5.41, 5.74) is 7.14. The van der Waals surface area contributed by atoms with E-state index in [2.05, 4.69) is 10.4 Å². The highest BCUT2D eigenvalue weighted by atomic mass is 32.1. The molecule has 0 bridgehead atoms. The van der Waals surface area contributed by atoms with E-state index in [1.807, 2.05) is 5.38 Å². The SMILES string of the molecule is NC1CCCC1c1ccsn1. The third kappa shape index (κ3) is 1.30. The number of rotatable bonds is 1. The first-order chi connectivity index (χ1) is 5.38. The van der Waals surface area contributed by atoms with Crippen molar-refractivity contribution in [2.24, 2.45) is 5.73 Å². The van der Waals surface area contributed by atoms with Crippen molar-refractivity contribution in [3.8, 4) is 0 Å². The highest BCUT2D eigenvalue weighted by molar-refractivity contribution is 7.03. The number of hydrogen-bond acceptors (Lipinski definition) is 3. The highest BCUT2D eigenvalue weighted by Crippen LogP contribution is 2.32. The Kier molecular flexibility index (Phi) is 1.92. The van der Waals surface area contributed by atoms with Crippen molar-refractivity contribution in [2.75, 3.05) is 0 Å². The molecule has 0 amide bonds. The summed E-state index contributed by atoms with van der Waals surface area (Å²) in [7, 11) is 0. The maximum absolute atomic E-state index is 5.93. The van der Waals surface area contributed by atoms with Gasteiger partial charge in [0.25, 0.3) is 0 Å². The smallest absolute Gasteiger partial charge is 0.0588 e. The summed E-state index contributed by atoms with van der Waals surface area (Å²) in [5, 5.41) is 2.03. The van der Waals surface area contributed by atoms with E-state index in [1.165, 1.54) is 36.5 Å². The van der Waals surface area contributed by atoms with Crippen LogP contribution in [-0.2, 0) is 0 Å². The van der Waals surface area contributed by atoms with Crippen molar-refractivity contribution in [3.63, 3.8) is 0 Å². The van der Waals surface area contributed by atoms with E-state index in [-0.39, 0.29) is 0 Å². The van der Waals surface area contributed by atoms with Crippen LogP contribution in [-0.4, -0.2) is 10.4 Å². The molecule has 0 aliphatic heterocycles. The maximum Gasteiger partial charge on any atom is 0.0588 e. The van der Waals surface area contributed by atoms with Crippen LogP contribution in [0.2, 0.25) is 0 Å². The Morgan fingerprint density at radius 1 is 1.55 bits per heavy atom. The molecule has 2 N–H and O–H groups in total. The van der Waals surface area contributed by atoms with E-state index < -0.39 is 0 Å². The molecule has 2 atom stereocenters. The lowest BCUT2D eigenvalue weighted by atomic mass is 10.0. The van der Waals surface area contributed by atoms with Crippen LogP contribution in [0.3, 0.4) is 0 Å². The van der Waals surface area contributed by atoms with E-state index in [1.54, 1.807) is 0 Å². The molecule has 60 valence electrons. The van der Waals surface area contributed by atoms with Gasteiger partial charge in [-0.3, -0.25) is 0 Å². The summed E-state index contributed by atoms with van der Waals surface area (Å²) in [6, 6.07) is 2.46. The van der Waals surface area contributed by atoms with Crippen molar-refractivity contribution in [3.05, 3.63) is 17.1 Å². The zero-order chi connectivity index (χ0) is 7.68. The van der Waals surface area contributed by atoms with Gasteiger partial charge in [0.1, 0.15) is 0 Å². The summed E-state index contributed by atoms with van der Waals surface area (Å²) >= 11 is 1.52. The quantitative estimate of drug-likeness (QED) is 0.693. The van der Waals surface area contributed by atoms with Crippen LogP contribution in [0, 0.1) is 0 Å². The molecule has 0 saturated heterocycles. The molecule has 2 unspecified atom stereocenters. The van der Waals surface area contributed by atoms with Gasteiger partial charge in [0, 0.05) is 17.3 Å². The number of hydrogen-bond donors (Lipinski definition) is 1. The van der Waals surface area contributed by atoms with Crippen LogP contribution in [0.5, 0.6) is 0 Å². The fourth-order valence-corrected chi connectivity index (χ4v) is 2.35. The summed E-state index contributed by atoms with van der Waals surface area (Å²) < 4.78 is 4.31. The normalized spacial score (nSPS) is 31.0. The van der Waals surface area contributed by atoms with Crippen LogP contribution in [0.1, 0.15) is 30.9 Å². The Morgan fingerprint density at radius 3 is 3.00 bits per heavy atom. The lowest BCUT2D eigenvalue weighted by molar-refractivity contribution is 0.603. The van der Waals surface area contributed by atoms with Gasteiger partial charge >= 0.3 is 0 Å². The van der Waals surface area contributed by atoms with Crippen LogP contribution < -0.4 is 5.73 Å². The molecule has 1 aliphatic carbocycles. The molecule has 1 aliphatic rings. The molecule has 1 fully saturated rings. The fraction of sp³-hybridized carbons (Fsp3) is 0.625. The van der Waals surface area contributed by atoms with Crippen molar-refractivity contribution in [2.45, 2.75) is 31.2 Å². The van der Waals surface area contributed by atoms with E-state index in [0.29, 0.717) is 12.0 Å². The third-order valence-corrected chi connectivity index (χ3v) is 2.98. The fourth-order valence-electron chi connectivity index (χ4n) is 1.77. The standard InChI is InChI=1S/C8H12N2S/c9-7-3-1-2-6(7)8-4-5-11-10-8/h4-7H,1-3,9H2. The Labute approximate surface area is 70.6 Å². The van der Waals surface area contributed by atoms with Gasteiger partial charge in [-0.2, -0.15) is 4.37 Å². The van der Waals surface area contributed by atoms with Crippen molar-refractivity contribution in [1.82, 2.24) is 4.37 Å². The average molecular weight is 168 g/mol. The molecule has 3 heteroatoms. The molecule has 0 aromatic carbocycles. The molecular formula is C8H12N2S. The van der Waals surface area contributed by atoms with Gasteiger partial charge in [-0.05, 0) is 30.4 Å². The summed E-state index contributed by atoms with van der Waals surface area (Å²) in [6.07, 6.45) is 3.66. The van der Waals surface area contributed by atoms with E-state index in [4.69, 9.17) is 5.73 Å². The summed E-state index contributed by atoms with van der Waals surface area (Å²) in [5.74, 6) is 0.543. The second-order valence-corrected chi connectivity index (χ2v) is 3.79. The number of aromatic nitrogens is 1. The zero-order valence-corrected chi connectivity index (χ0v) is 7.18. The predicted molar refractivity (Wildman–Crippen MR) is 46.7 cm³/mol. The van der Waals surface area contributed by atoms with E-state index >= 15 is 0 Å². The van der Waals surface area contributed by atoms with Gasteiger partial charge in [0.2, 0.25) is 0 Å². The average Bonchev–Trinajstić information content (AvgIpc) is 2.55. The predicted octanol–water partition coefficient (Wildman–Crippen LogP) is 1.74. The summed E-state index contributed by atoms with van der Waals surface area (Å²) in [6.45, 7) is 0. The molecular weight excluding hydrogens is 156 g/mol. The van der Waals surface area contributed by atoms with Crippen LogP contribution >= 0.6 is 11.5 Å². The van der Waals surface area contributed by atoms with Crippen LogP contribution in [0.25, 0.3) is 0 Å². The van der Waals surface area contributed by atoms with E-state index in [0.717, 1.165) is 0 Å². The Bertz CT molecular complexity index is 220.